The first-order valence-electron chi connectivity index (χ1n) is 2.92. The van der Waals surface area contributed by atoms with Crippen molar-refractivity contribution in [2.24, 2.45) is 0 Å². The Hall–Kier alpha value is -1.57. The van der Waals surface area contributed by atoms with Gasteiger partial charge in [0.05, 0.1) is 0 Å². The van der Waals surface area contributed by atoms with Crippen LogP contribution in [0, 0.1) is 11.5 Å². The van der Waals surface area contributed by atoms with E-state index in [1.165, 1.54) is 20.3 Å². The number of hydrogen-bond donors (Lipinski definition) is 0. The number of hydrogen-bond acceptors (Lipinski definition) is 3. The average molecular weight is 155 g/mol. The van der Waals surface area contributed by atoms with Crippen molar-refractivity contribution in [2.45, 2.75) is 6.92 Å². The fraction of sp³-hybridized carbons (Fsp3) is 0.500. The molecule has 0 aliphatic rings. The van der Waals surface area contributed by atoms with Gasteiger partial charge in [0.1, 0.15) is 0 Å². The maximum absolute atomic E-state index is 10.9. The van der Waals surface area contributed by atoms with E-state index in [1.807, 2.05) is 0 Å². The first-order valence-corrected chi connectivity index (χ1v) is 2.92. The summed E-state index contributed by atoms with van der Waals surface area (Å²) >= 11 is 0. The summed E-state index contributed by atoms with van der Waals surface area (Å²) in [6.07, 6.45) is 1.48. The maximum atomic E-state index is 10.9. The number of carbonyl (C=O) groups is 2. The molecular formula is C6H9N3O2. The van der Waals surface area contributed by atoms with Crippen molar-refractivity contribution >= 4 is 11.9 Å². The van der Waals surface area contributed by atoms with Gasteiger partial charge in [0.15, 0.2) is 6.19 Å². The molecule has 0 bridgehead atoms. The van der Waals surface area contributed by atoms with Crippen LogP contribution < -0.4 is 0 Å². The van der Waals surface area contributed by atoms with Crippen LogP contribution in [0.15, 0.2) is 0 Å². The molecule has 11 heavy (non-hydrogen) atoms. The van der Waals surface area contributed by atoms with E-state index >= 15 is 0 Å². The third-order valence-corrected chi connectivity index (χ3v) is 0.989. The topological polar surface area (TPSA) is 64.4 Å². The minimum atomic E-state index is -0.625. The first kappa shape index (κ1) is 9.43. The van der Waals surface area contributed by atoms with E-state index in [4.69, 9.17) is 5.26 Å². The second kappa shape index (κ2) is 3.56. The molecular weight excluding hydrogens is 146 g/mol. The number of carbonyl (C=O) groups excluding carboxylic acids is 2. The summed E-state index contributed by atoms with van der Waals surface area (Å²) < 4.78 is 0. The fourth-order valence-corrected chi connectivity index (χ4v) is 0.448. The molecule has 0 aliphatic carbocycles. The van der Waals surface area contributed by atoms with E-state index in [-0.39, 0.29) is 0 Å². The van der Waals surface area contributed by atoms with Crippen molar-refractivity contribution in [3.63, 3.8) is 0 Å². The Balaban J connectivity index is 4.43. The number of amides is 3. The van der Waals surface area contributed by atoms with Gasteiger partial charge in [-0.1, -0.05) is 0 Å². The van der Waals surface area contributed by atoms with Gasteiger partial charge in [0.25, 0.3) is 0 Å². The third kappa shape index (κ3) is 2.26. The van der Waals surface area contributed by atoms with Gasteiger partial charge in [-0.15, -0.1) is 0 Å². The predicted octanol–water partition coefficient (Wildman–Crippen LogP) is -0.00242. The van der Waals surface area contributed by atoms with Gasteiger partial charge in [0, 0.05) is 21.0 Å². The molecule has 0 spiro atoms. The molecule has 0 saturated carbocycles. The Bertz CT molecular complexity index is 216. The molecule has 0 radical (unpaired) electrons. The summed E-state index contributed by atoms with van der Waals surface area (Å²) in [7, 11) is 2.94. The van der Waals surface area contributed by atoms with Crippen molar-refractivity contribution in [3.05, 3.63) is 0 Å². The van der Waals surface area contributed by atoms with Crippen LogP contribution in [0.5, 0.6) is 0 Å². The van der Waals surface area contributed by atoms with Gasteiger partial charge >= 0.3 is 6.03 Å². The van der Waals surface area contributed by atoms with Crippen LogP contribution in [0.25, 0.3) is 0 Å². The van der Waals surface area contributed by atoms with Crippen LogP contribution in [0.1, 0.15) is 6.92 Å². The zero-order valence-corrected chi connectivity index (χ0v) is 6.66. The van der Waals surface area contributed by atoms with Crippen LogP contribution in [-0.2, 0) is 4.79 Å². The summed E-state index contributed by atoms with van der Waals surface area (Å²) in [5, 5.41) is 8.32. The molecule has 0 aromatic heterocycles. The van der Waals surface area contributed by atoms with Crippen molar-refractivity contribution in [1.29, 1.82) is 5.26 Å². The molecule has 0 fully saturated rings. The second-order valence-electron chi connectivity index (χ2n) is 2.13. The highest BCUT2D eigenvalue weighted by Crippen LogP contribution is 1.92. The molecule has 0 atom stereocenters. The zero-order valence-electron chi connectivity index (χ0n) is 6.66. The lowest BCUT2D eigenvalue weighted by molar-refractivity contribution is -0.123. The molecule has 0 rings (SSSR count). The summed E-state index contributed by atoms with van der Waals surface area (Å²) in [6.45, 7) is 1.16. The van der Waals surface area contributed by atoms with Crippen LogP contribution in [0.3, 0.4) is 0 Å². The lowest BCUT2D eigenvalue weighted by Crippen LogP contribution is -2.38. The number of urea groups is 1. The van der Waals surface area contributed by atoms with E-state index in [2.05, 4.69) is 0 Å². The van der Waals surface area contributed by atoms with Crippen LogP contribution in [0.4, 0.5) is 4.79 Å². The smallest absolute Gasteiger partial charge is 0.330 e. The van der Waals surface area contributed by atoms with E-state index in [1.54, 1.807) is 0 Å². The fourth-order valence-electron chi connectivity index (χ4n) is 0.448. The quantitative estimate of drug-likeness (QED) is 0.365. The van der Waals surface area contributed by atoms with Gasteiger partial charge in [-0.2, -0.15) is 10.2 Å². The standard InChI is InChI=1S/C6H9N3O2/c1-5(10)9(4-7)6(11)8(2)3/h1-3H3. The molecule has 0 aromatic carbocycles. The van der Waals surface area contributed by atoms with E-state index in [0.717, 1.165) is 11.8 Å². The molecule has 0 aromatic rings. The third-order valence-electron chi connectivity index (χ3n) is 0.989. The van der Waals surface area contributed by atoms with Gasteiger partial charge in [-0.3, -0.25) is 4.79 Å². The number of nitrogens with zero attached hydrogens (tertiary/aromatic N) is 3. The lowest BCUT2D eigenvalue weighted by atomic mass is 10.6. The molecule has 60 valence electrons. The summed E-state index contributed by atoms with van der Waals surface area (Å²) in [5.74, 6) is -0.578. The maximum Gasteiger partial charge on any atom is 0.339 e. The van der Waals surface area contributed by atoms with Gasteiger partial charge < -0.3 is 4.90 Å². The monoisotopic (exact) mass is 155 g/mol. The number of rotatable bonds is 0. The zero-order chi connectivity index (χ0) is 9.02. The predicted molar refractivity (Wildman–Crippen MR) is 37.2 cm³/mol. The Morgan fingerprint density at radius 2 is 1.82 bits per heavy atom. The highest BCUT2D eigenvalue weighted by molar-refractivity contribution is 5.94. The SMILES string of the molecule is CC(=O)N(C#N)C(=O)N(C)C. The Labute approximate surface area is 64.8 Å². The largest absolute Gasteiger partial charge is 0.339 e. The van der Waals surface area contributed by atoms with E-state index < -0.39 is 11.9 Å². The van der Waals surface area contributed by atoms with Crippen LogP contribution >= 0.6 is 0 Å². The van der Waals surface area contributed by atoms with Crippen molar-refractivity contribution in [3.8, 4) is 6.19 Å². The summed E-state index contributed by atoms with van der Waals surface area (Å²) in [5.41, 5.74) is 0. The minimum Gasteiger partial charge on any atom is -0.330 e. The Morgan fingerprint density at radius 1 is 1.36 bits per heavy atom. The van der Waals surface area contributed by atoms with Gasteiger partial charge in [-0.25, -0.2) is 4.79 Å². The molecule has 5 nitrogen and oxygen atoms in total. The van der Waals surface area contributed by atoms with Crippen molar-refractivity contribution in [1.82, 2.24) is 9.80 Å². The highest BCUT2D eigenvalue weighted by atomic mass is 16.2. The highest BCUT2D eigenvalue weighted by Gasteiger charge is 2.18. The van der Waals surface area contributed by atoms with Crippen molar-refractivity contribution in [2.75, 3.05) is 14.1 Å². The Kier molecular flexibility index (Phi) is 3.05. The summed E-state index contributed by atoms with van der Waals surface area (Å²) in [6, 6.07) is -0.625. The summed E-state index contributed by atoms with van der Waals surface area (Å²) in [4.78, 5) is 23.1. The first-order chi connectivity index (χ1) is 5.00. The van der Waals surface area contributed by atoms with Crippen LogP contribution in [0.2, 0.25) is 0 Å². The van der Waals surface area contributed by atoms with Gasteiger partial charge in [-0.05, 0) is 0 Å². The molecule has 0 unspecified atom stereocenters. The molecule has 0 aliphatic heterocycles. The number of imide groups is 1. The normalized spacial score (nSPS) is 8.18. The lowest BCUT2D eigenvalue weighted by Gasteiger charge is -2.14. The molecule has 0 heterocycles. The van der Waals surface area contributed by atoms with Crippen molar-refractivity contribution < 1.29 is 9.59 Å². The molecule has 0 saturated heterocycles. The Morgan fingerprint density at radius 3 is 1.91 bits per heavy atom. The molecule has 0 N–H and O–H groups in total. The second-order valence-corrected chi connectivity index (χ2v) is 2.13. The van der Waals surface area contributed by atoms with Crippen LogP contribution in [-0.4, -0.2) is 35.8 Å². The number of nitriles is 1. The van der Waals surface area contributed by atoms with Gasteiger partial charge in [0.2, 0.25) is 5.91 Å². The molecule has 3 amide bonds. The minimum absolute atomic E-state index is 0.486. The molecule has 5 heteroatoms. The van der Waals surface area contributed by atoms with E-state index in [9.17, 15) is 9.59 Å². The average Bonchev–Trinajstić information content (AvgIpc) is 1.88. The van der Waals surface area contributed by atoms with E-state index in [0.29, 0.717) is 4.90 Å².